The van der Waals surface area contributed by atoms with Gasteiger partial charge in [-0.15, -0.1) is 0 Å². The number of nitrogens with zero attached hydrogens (tertiary/aromatic N) is 2. The SMILES string of the molecule is c1ccc(-c2cnn(CC[C@@H]3CCCO3)c2)cc1. The van der Waals surface area contributed by atoms with Crippen LogP contribution in [0.4, 0.5) is 0 Å². The molecular weight excluding hydrogens is 224 g/mol. The highest BCUT2D eigenvalue weighted by Gasteiger charge is 2.15. The van der Waals surface area contributed by atoms with Crippen molar-refractivity contribution in [3.63, 3.8) is 0 Å². The summed E-state index contributed by atoms with van der Waals surface area (Å²) in [6, 6.07) is 10.4. The van der Waals surface area contributed by atoms with Crippen molar-refractivity contribution in [2.45, 2.75) is 31.9 Å². The lowest BCUT2D eigenvalue weighted by atomic mass is 10.1. The van der Waals surface area contributed by atoms with Crippen LogP contribution < -0.4 is 0 Å². The van der Waals surface area contributed by atoms with Crippen molar-refractivity contribution in [3.8, 4) is 11.1 Å². The minimum atomic E-state index is 0.439. The molecule has 1 aliphatic heterocycles. The number of aryl methyl sites for hydroxylation is 1. The Morgan fingerprint density at radius 3 is 2.89 bits per heavy atom. The monoisotopic (exact) mass is 242 g/mol. The summed E-state index contributed by atoms with van der Waals surface area (Å²) in [7, 11) is 0. The molecule has 2 heterocycles. The molecule has 0 amide bonds. The lowest BCUT2D eigenvalue weighted by molar-refractivity contribution is 0.0994. The Bertz CT molecular complexity index is 486. The fourth-order valence-corrected chi connectivity index (χ4v) is 2.41. The van der Waals surface area contributed by atoms with Crippen LogP contribution in [0.15, 0.2) is 42.7 Å². The van der Waals surface area contributed by atoms with Crippen LogP contribution in [0.2, 0.25) is 0 Å². The van der Waals surface area contributed by atoms with Gasteiger partial charge in [0.25, 0.3) is 0 Å². The standard InChI is InChI=1S/C15H18N2O/c1-2-5-13(6-3-1)14-11-16-17(12-14)9-8-15-7-4-10-18-15/h1-3,5-6,11-12,15H,4,7-10H2/t15-/m0/s1. The summed E-state index contributed by atoms with van der Waals surface area (Å²) in [5, 5.41) is 4.41. The van der Waals surface area contributed by atoms with Crippen LogP contribution in [-0.4, -0.2) is 22.5 Å². The lowest BCUT2D eigenvalue weighted by Crippen LogP contribution is -2.10. The van der Waals surface area contributed by atoms with Gasteiger partial charge in [-0.1, -0.05) is 30.3 Å². The quantitative estimate of drug-likeness (QED) is 0.823. The first-order chi connectivity index (χ1) is 8.92. The van der Waals surface area contributed by atoms with Gasteiger partial charge in [0.05, 0.1) is 12.3 Å². The molecule has 3 nitrogen and oxygen atoms in total. The smallest absolute Gasteiger partial charge is 0.0593 e. The van der Waals surface area contributed by atoms with Gasteiger partial charge in [0.15, 0.2) is 0 Å². The van der Waals surface area contributed by atoms with E-state index >= 15 is 0 Å². The molecule has 0 spiro atoms. The van der Waals surface area contributed by atoms with Gasteiger partial charge in [0.2, 0.25) is 0 Å². The van der Waals surface area contributed by atoms with Crippen LogP contribution in [0.5, 0.6) is 0 Å². The summed E-state index contributed by atoms with van der Waals surface area (Å²) in [5.41, 5.74) is 2.41. The van der Waals surface area contributed by atoms with Crippen molar-refractivity contribution >= 4 is 0 Å². The first kappa shape index (κ1) is 11.5. The second kappa shape index (κ2) is 5.36. The largest absolute Gasteiger partial charge is 0.378 e. The Hall–Kier alpha value is -1.61. The minimum absolute atomic E-state index is 0.439. The Labute approximate surface area is 107 Å². The molecule has 18 heavy (non-hydrogen) atoms. The molecule has 1 aliphatic rings. The highest BCUT2D eigenvalue weighted by molar-refractivity contribution is 5.61. The van der Waals surface area contributed by atoms with Crippen LogP contribution in [0.3, 0.4) is 0 Å². The molecule has 0 unspecified atom stereocenters. The average Bonchev–Trinajstić information content (AvgIpc) is 3.09. The van der Waals surface area contributed by atoms with Crippen molar-refractivity contribution in [3.05, 3.63) is 42.7 Å². The Morgan fingerprint density at radius 2 is 2.11 bits per heavy atom. The summed E-state index contributed by atoms with van der Waals surface area (Å²) in [6.07, 6.45) is 7.96. The van der Waals surface area contributed by atoms with Crippen molar-refractivity contribution < 1.29 is 4.74 Å². The second-order valence-corrected chi connectivity index (χ2v) is 4.78. The molecule has 0 aliphatic carbocycles. The van der Waals surface area contributed by atoms with Gasteiger partial charge in [0, 0.05) is 24.9 Å². The molecular formula is C15H18N2O. The van der Waals surface area contributed by atoms with Gasteiger partial charge in [-0.3, -0.25) is 4.68 Å². The third-order valence-corrected chi connectivity index (χ3v) is 3.44. The van der Waals surface area contributed by atoms with Crippen LogP contribution in [-0.2, 0) is 11.3 Å². The van der Waals surface area contributed by atoms with Crippen LogP contribution in [0, 0.1) is 0 Å². The van der Waals surface area contributed by atoms with Gasteiger partial charge in [-0.05, 0) is 24.8 Å². The van der Waals surface area contributed by atoms with E-state index in [1.54, 1.807) is 0 Å². The maximum Gasteiger partial charge on any atom is 0.0593 e. The van der Waals surface area contributed by atoms with E-state index in [-0.39, 0.29) is 0 Å². The molecule has 0 N–H and O–H groups in total. The van der Waals surface area contributed by atoms with E-state index in [1.807, 2.05) is 16.9 Å². The molecule has 1 atom stereocenters. The topological polar surface area (TPSA) is 27.1 Å². The number of benzene rings is 1. The maximum atomic E-state index is 5.62. The third-order valence-electron chi connectivity index (χ3n) is 3.44. The number of ether oxygens (including phenoxy) is 1. The third kappa shape index (κ3) is 2.62. The number of aromatic nitrogens is 2. The second-order valence-electron chi connectivity index (χ2n) is 4.78. The van der Waals surface area contributed by atoms with E-state index in [2.05, 4.69) is 35.6 Å². The average molecular weight is 242 g/mol. The van der Waals surface area contributed by atoms with Crippen LogP contribution >= 0.6 is 0 Å². The zero-order valence-corrected chi connectivity index (χ0v) is 10.5. The highest BCUT2D eigenvalue weighted by atomic mass is 16.5. The summed E-state index contributed by atoms with van der Waals surface area (Å²) in [6.45, 7) is 1.87. The van der Waals surface area contributed by atoms with Crippen LogP contribution in [0.25, 0.3) is 11.1 Å². The lowest BCUT2D eigenvalue weighted by Gasteiger charge is -2.08. The van der Waals surface area contributed by atoms with Crippen molar-refractivity contribution in [1.29, 1.82) is 0 Å². The molecule has 1 aromatic heterocycles. The number of rotatable bonds is 4. The van der Waals surface area contributed by atoms with Gasteiger partial charge in [-0.2, -0.15) is 5.10 Å². The van der Waals surface area contributed by atoms with E-state index in [1.165, 1.54) is 24.0 Å². The Kier molecular flexibility index (Phi) is 3.42. The molecule has 3 rings (SSSR count). The molecule has 2 aromatic rings. The highest BCUT2D eigenvalue weighted by Crippen LogP contribution is 2.19. The zero-order chi connectivity index (χ0) is 12.2. The maximum absolute atomic E-state index is 5.62. The Morgan fingerprint density at radius 1 is 1.22 bits per heavy atom. The molecule has 1 saturated heterocycles. The first-order valence-corrected chi connectivity index (χ1v) is 6.61. The van der Waals surface area contributed by atoms with E-state index in [0.717, 1.165) is 19.6 Å². The van der Waals surface area contributed by atoms with E-state index < -0.39 is 0 Å². The van der Waals surface area contributed by atoms with Gasteiger partial charge in [0.1, 0.15) is 0 Å². The molecule has 0 saturated carbocycles. The van der Waals surface area contributed by atoms with Crippen molar-refractivity contribution in [2.24, 2.45) is 0 Å². The summed E-state index contributed by atoms with van der Waals surface area (Å²) in [5.74, 6) is 0. The summed E-state index contributed by atoms with van der Waals surface area (Å²) >= 11 is 0. The van der Waals surface area contributed by atoms with E-state index in [9.17, 15) is 0 Å². The predicted molar refractivity (Wildman–Crippen MR) is 71.3 cm³/mol. The van der Waals surface area contributed by atoms with Crippen molar-refractivity contribution in [2.75, 3.05) is 6.61 Å². The number of hydrogen-bond acceptors (Lipinski definition) is 2. The fraction of sp³-hybridized carbons (Fsp3) is 0.400. The van der Waals surface area contributed by atoms with Gasteiger partial charge in [-0.25, -0.2) is 0 Å². The van der Waals surface area contributed by atoms with Crippen LogP contribution in [0.1, 0.15) is 19.3 Å². The summed E-state index contributed by atoms with van der Waals surface area (Å²) in [4.78, 5) is 0. The molecule has 94 valence electrons. The van der Waals surface area contributed by atoms with E-state index in [0.29, 0.717) is 6.10 Å². The molecule has 1 aromatic carbocycles. The molecule has 1 fully saturated rings. The Balaban J connectivity index is 1.63. The predicted octanol–water partition coefficient (Wildman–Crippen LogP) is 3.12. The molecule has 0 bridgehead atoms. The number of hydrogen-bond donors (Lipinski definition) is 0. The summed E-state index contributed by atoms with van der Waals surface area (Å²) < 4.78 is 7.64. The van der Waals surface area contributed by atoms with Gasteiger partial charge >= 0.3 is 0 Å². The molecule has 3 heteroatoms. The normalized spacial score (nSPS) is 19.2. The van der Waals surface area contributed by atoms with Gasteiger partial charge < -0.3 is 4.74 Å². The minimum Gasteiger partial charge on any atom is -0.378 e. The fourth-order valence-electron chi connectivity index (χ4n) is 2.41. The first-order valence-electron chi connectivity index (χ1n) is 6.61. The van der Waals surface area contributed by atoms with E-state index in [4.69, 9.17) is 4.74 Å². The van der Waals surface area contributed by atoms with Crippen molar-refractivity contribution in [1.82, 2.24) is 9.78 Å². The molecule has 0 radical (unpaired) electrons. The zero-order valence-electron chi connectivity index (χ0n) is 10.5.